The van der Waals surface area contributed by atoms with E-state index in [9.17, 15) is 0 Å². The predicted molar refractivity (Wildman–Crippen MR) is 72.0 cm³/mol. The normalized spacial score (nSPS) is 12.7. The van der Waals surface area contributed by atoms with Crippen LogP contribution in [0.15, 0.2) is 33.3 Å². The molecule has 5 nitrogen and oxygen atoms in total. The molecule has 0 saturated carbocycles. The zero-order valence-corrected chi connectivity index (χ0v) is 12.2. The topological polar surface area (TPSA) is 68.8 Å². The van der Waals surface area contributed by atoms with E-state index in [4.69, 9.17) is 5.84 Å². The van der Waals surface area contributed by atoms with Crippen LogP contribution in [0.2, 0.25) is 0 Å². The zero-order valence-electron chi connectivity index (χ0n) is 9.06. The summed E-state index contributed by atoms with van der Waals surface area (Å²) in [5.41, 5.74) is 4.69. The molecule has 0 saturated heterocycles. The van der Waals surface area contributed by atoms with Crippen molar-refractivity contribution in [2.75, 3.05) is 0 Å². The number of hydrogen-bond donors (Lipinski definition) is 2. The predicted octanol–water partition coefficient (Wildman–Crippen LogP) is 1.89. The van der Waals surface area contributed by atoms with Gasteiger partial charge in [0.2, 0.25) is 0 Å². The summed E-state index contributed by atoms with van der Waals surface area (Å²) in [5, 5.41) is 7.91. The molecule has 7 heteroatoms. The van der Waals surface area contributed by atoms with Gasteiger partial charge in [0, 0.05) is 11.5 Å². The fraction of sp³-hybridized carbons (Fsp3) is 0.200. The van der Waals surface area contributed by atoms with Gasteiger partial charge in [-0.25, -0.2) is 10.1 Å². The number of rotatable bonds is 3. The molecule has 17 heavy (non-hydrogen) atoms. The van der Waals surface area contributed by atoms with Crippen LogP contribution in [0.25, 0.3) is 0 Å². The van der Waals surface area contributed by atoms with E-state index in [0.29, 0.717) is 4.60 Å². The first-order valence-corrected chi connectivity index (χ1v) is 6.49. The van der Waals surface area contributed by atoms with Crippen LogP contribution in [0.5, 0.6) is 0 Å². The monoisotopic (exact) mass is 359 g/mol. The molecule has 2 rings (SSSR count). The smallest absolute Gasteiger partial charge is 0.153 e. The van der Waals surface area contributed by atoms with E-state index < -0.39 is 0 Å². The second-order valence-corrected chi connectivity index (χ2v) is 5.12. The highest BCUT2D eigenvalue weighted by Crippen LogP contribution is 2.30. The van der Waals surface area contributed by atoms with Crippen LogP contribution in [0, 0.1) is 0 Å². The summed E-state index contributed by atoms with van der Waals surface area (Å²) < 4.78 is 3.35. The average Bonchev–Trinajstić information content (AvgIpc) is 2.64. The molecule has 1 unspecified atom stereocenters. The Morgan fingerprint density at radius 2 is 2.06 bits per heavy atom. The van der Waals surface area contributed by atoms with Crippen LogP contribution in [0.4, 0.5) is 0 Å². The van der Waals surface area contributed by atoms with Crippen molar-refractivity contribution in [2.24, 2.45) is 12.9 Å². The number of hydrogen-bond acceptors (Lipinski definition) is 4. The van der Waals surface area contributed by atoms with Gasteiger partial charge in [-0.1, -0.05) is 39.3 Å². The molecule has 1 heterocycles. The van der Waals surface area contributed by atoms with Gasteiger partial charge in [0.25, 0.3) is 0 Å². The van der Waals surface area contributed by atoms with Crippen molar-refractivity contribution in [1.82, 2.24) is 20.4 Å². The van der Waals surface area contributed by atoms with E-state index >= 15 is 0 Å². The summed E-state index contributed by atoms with van der Waals surface area (Å²) in [6, 6.07) is 7.70. The maximum Gasteiger partial charge on any atom is 0.153 e. The second kappa shape index (κ2) is 5.26. The van der Waals surface area contributed by atoms with Gasteiger partial charge in [0.1, 0.15) is 0 Å². The first-order chi connectivity index (χ1) is 8.15. The molecule has 2 aromatic rings. The van der Waals surface area contributed by atoms with E-state index in [1.807, 2.05) is 31.3 Å². The summed E-state index contributed by atoms with van der Waals surface area (Å²) in [4.78, 5) is 0. The Hall–Kier alpha value is -0.760. The third-order valence-corrected chi connectivity index (χ3v) is 3.77. The van der Waals surface area contributed by atoms with Crippen molar-refractivity contribution in [3.63, 3.8) is 0 Å². The molecule has 1 atom stereocenters. The highest BCUT2D eigenvalue weighted by Gasteiger charge is 2.22. The lowest BCUT2D eigenvalue weighted by Crippen LogP contribution is -2.30. The SMILES string of the molecule is Cn1nnc(Br)c1C(NN)c1ccccc1Br. The summed E-state index contributed by atoms with van der Waals surface area (Å²) in [5.74, 6) is 5.64. The Labute approximate surface area is 116 Å². The number of halogens is 2. The molecular formula is C10H11Br2N5. The van der Waals surface area contributed by atoms with Gasteiger partial charge in [-0.2, -0.15) is 0 Å². The summed E-state index contributed by atoms with van der Waals surface area (Å²) in [6.07, 6.45) is 0. The van der Waals surface area contributed by atoms with Crippen LogP contribution in [0.1, 0.15) is 17.3 Å². The fourth-order valence-corrected chi connectivity index (χ4v) is 2.74. The number of aromatic nitrogens is 3. The Morgan fingerprint density at radius 3 is 2.59 bits per heavy atom. The molecule has 90 valence electrons. The van der Waals surface area contributed by atoms with Gasteiger partial charge in [-0.3, -0.25) is 5.84 Å². The molecule has 1 aromatic heterocycles. The van der Waals surface area contributed by atoms with Crippen LogP contribution < -0.4 is 11.3 Å². The lowest BCUT2D eigenvalue weighted by molar-refractivity contribution is 0.567. The van der Waals surface area contributed by atoms with Gasteiger partial charge in [0.05, 0.1) is 11.7 Å². The van der Waals surface area contributed by atoms with E-state index in [2.05, 4.69) is 47.6 Å². The molecule has 0 fully saturated rings. The molecule has 0 spiro atoms. The number of nitrogens with zero attached hydrogens (tertiary/aromatic N) is 3. The fourth-order valence-electron chi connectivity index (χ4n) is 1.67. The van der Waals surface area contributed by atoms with Gasteiger partial charge < -0.3 is 0 Å². The molecule has 3 N–H and O–H groups in total. The maximum atomic E-state index is 5.64. The van der Waals surface area contributed by atoms with E-state index in [1.165, 1.54) is 0 Å². The van der Waals surface area contributed by atoms with Gasteiger partial charge >= 0.3 is 0 Å². The third-order valence-electron chi connectivity index (χ3n) is 2.48. The quantitative estimate of drug-likeness (QED) is 0.647. The highest BCUT2D eigenvalue weighted by molar-refractivity contribution is 9.10. The maximum absolute atomic E-state index is 5.64. The second-order valence-electron chi connectivity index (χ2n) is 3.51. The minimum absolute atomic E-state index is 0.181. The number of hydrazine groups is 1. The van der Waals surface area contributed by atoms with Crippen LogP contribution in [-0.4, -0.2) is 15.0 Å². The van der Waals surface area contributed by atoms with E-state index in [-0.39, 0.29) is 6.04 Å². The Kier molecular flexibility index (Phi) is 3.93. The Balaban J connectivity index is 2.52. The Morgan fingerprint density at radius 1 is 1.35 bits per heavy atom. The number of nitrogens with two attached hydrogens (primary N) is 1. The molecule has 0 bridgehead atoms. The summed E-state index contributed by atoms with van der Waals surface area (Å²) in [6.45, 7) is 0. The highest BCUT2D eigenvalue weighted by atomic mass is 79.9. The van der Waals surface area contributed by atoms with Gasteiger partial charge in [-0.15, -0.1) is 5.10 Å². The van der Waals surface area contributed by atoms with Gasteiger partial charge in [0.15, 0.2) is 4.60 Å². The van der Waals surface area contributed by atoms with Crippen molar-refractivity contribution in [1.29, 1.82) is 0 Å². The number of nitrogens with one attached hydrogen (secondary N) is 1. The first-order valence-electron chi connectivity index (χ1n) is 4.90. The lowest BCUT2D eigenvalue weighted by Gasteiger charge is -2.17. The van der Waals surface area contributed by atoms with E-state index in [1.54, 1.807) is 4.68 Å². The summed E-state index contributed by atoms with van der Waals surface area (Å²) in [7, 11) is 1.83. The standard InChI is InChI=1S/C10H11Br2N5/c1-17-9(10(12)15-16-17)8(14-13)6-4-2-3-5-7(6)11/h2-5,8,14H,13H2,1H3. The molecule has 1 aromatic carbocycles. The van der Waals surface area contributed by atoms with E-state index in [0.717, 1.165) is 15.7 Å². The van der Waals surface area contributed by atoms with Crippen molar-refractivity contribution < 1.29 is 0 Å². The molecule has 0 aliphatic heterocycles. The molecule has 0 aliphatic carbocycles. The minimum atomic E-state index is -0.181. The zero-order chi connectivity index (χ0) is 12.4. The van der Waals surface area contributed by atoms with Crippen molar-refractivity contribution >= 4 is 31.9 Å². The van der Waals surface area contributed by atoms with Crippen molar-refractivity contribution in [3.8, 4) is 0 Å². The molecule has 0 aliphatic rings. The van der Waals surface area contributed by atoms with Crippen molar-refractivity contribution in [3.05, 3.63) is 44.6 Å². The summed E-state index contributed by atoms with van der Waals surface area (Å²) >= 11 is 6.89. The first kappa shape index (κ1) is 12.7. The molecule has 0 amide bonds. The lowest BCUT2D eigenvalue weighted by atomic mass is 10.1. The third kappa shape index (κ3) is 2.42. The van der Waals surface area contributed by atoms with Crippen molar-refractivity contribution in [2.45, 2.75) is 6.04 Å². The van der Waals surface area contributed by atoms with Crippen LogP contribution >= 0.6 is 31.9 Å². The van der Waals surface area contributed by atoms with Crippen LogP contribution in [-0.2, 0) is 7.05 Å². The molecular weight excluding hydrogens is 350 g/mol. The minimum Gasteiger partial charge on any atom is -0.271 e. The largest absolute Gasteiger partial charge is 0.271 e. The average molecular weight is 361 g/mol. The molecule has 0 radical (unpaired) electrons. The Bertz CT molecular complexity index is 506. The number of benzene rings is 1. The van der Waals surface area contributed by atoms with Crippen LogP contribution in [0.3, 0.4) is 0 Å². The van der Waals surface area contributed by atoms with Gasteiger partial charge in [-0.05, 0) is 27.6 Å². The number of aryl methyl sites for hydroxylation is 1.